The van der Waals surface area contributed by atoms with Crippen molar-refractivity contribution in [3.05, 3.63) is 82.9 Å². The fraction of sp³-hybridized carbons (Fsp3) is 0.379. The Morgan fingerprint density at radius 2 is 1.38 bits per heavy atom. The molecule has 1 saturated carbocycles. The minimum absolute atomic E-state index is 0.748. The first-order valence-corrected chi connectivity index (χ1v) is 11.4. The molecule has 0 unspecified atom stereocenters. The van der Waals surface area contributed by atoms with E-state index in [4.69, 9.17) is 0 Å². The van der Waals surface area contributed by atoms with Crippen LogP contribution in [0.25, 0.3) is 10.8 Å². The van der Waals surface area contributed by atoms with Gasteiger partial charge in [0.15, 0.2) is 0 Å². The predicted octanol–water partition coefficient (Wildman–Crippen LogP) is 7.88. The van der Waals surface area contributed by atoms with Crippen molar-refractivity contribution in [2.45, 2.75) is 64.7 Å². The van der Waals surface area contributed by atoms with Crippen LogP contribution >= 0.6 is 0 Å². The highest BCUT2D eigenvalue weighted by Gasteiger charge is 2.20. The van der Waals surface area contributed by atoms with Crippen molar-refractivity contribution in [2.75, 3.05) is 0 Å². The van der Waals surface area contributed by atoms with Gasteiger partial charge >= 0.3 is 0 Å². The lowest BCUT2D eigenvalue weighted by atomic mass is 9.78. The molecule has 0 amide bonds. The molecule has 4 rings (SSSR count). The molecule has 0 aliphatic heterocycles. The van der Waals surface area contributed by atoms with Crippen molar-refractivity contribution in [3.8, 4) is 11.8 Å². The van der Waals surface area contributed by atoms with Gasteiger partial charge in [0, 0.05) is 11.1 Å². The first-order valence-electron chi connectivity index (χ1n) is 11.4. The molecule has 1 fully saturated rings. The van der Waals surface area contributed by atoms with Gasteiger partial charge in [-0.1, -0.05) is 74.9 Å². The maximum Gasteiger partial charge on any atom is 0.0255 e. The van der Waals surface area contributed by atoms with Crippen molar-refractivity contribution in [2.24, 2.45) is 5.92 Å². The van der Waals surface area contributed by atoms with Gasteiger partial charge in [-0.3, -0.25) is 0 Å². The van der Waals surface area contributed by atoms with Crippen molar-refractivity contribution in [1.29, 1.82) is 0 Å². The third kappa shape index (κ3) is 4.91. The van der Waals surface area contributed by atoms with E-state index in [1.165, 1.54) is 60.4 Å². The number of rotatable bonds is 4. The van der Waals surface area contributed by atoms with Gasteiger partial charge in [0.05, 0.1) is 0 Å². The minimum atomic E-state index is 0.748. The lowest BCUT2D eigenvalue weighted by Crippen LogP contribution is -2.12. The van der Waals surface area contributed by atoms with Crippen molar-refractivity contribution < 1.29 is 0 Å². The summed E-state index contributed by atoms with van der Waals surface area (Å²) in [7, 11) is 0. The number of hydrogen-bond acceptors (Lipinski definition) is 0. The molecular weight excluding hydrogens is 348 g/mol. The second-order valence-electron chi connectivity index (χ2n) is 8.64. The standard InChI is InChI=1S/C29H32/c1-3-5-24-12-18-29-21-25(13-19-28(29)20-24)7-6-23-10-16-27(17-11-23)26-14-8-22(4-2)9-15-26/h10-13,16-22,26H,3-5,8-9,14-15H2,1-2H3. The van der Waals surface area contributed by atoms with Crippen molar-refractivity contribution in [3.63, 3.8) is 0 Å². The number of hydrogen-bond donors (Lipinski definition) is 0. The van der Waals surface area contributed by atoms with E-state index in [2.05, 4.69) is 86.4 Å². The largest absolute Gasteiger partial charge is 0.0651 e. The van der Waals surface area contributed by atoms with E-state index in [1.807, 2.05) is 0 Å². The summed E-state index contributed by atoms with van der Waals surface area (Å²) in [6.45, 7) is 4.56. The average molecular weight is 381 g/mol. The van der Waals surface area contributed by atoms with E-state index < -0.39 is 0 Å². The summed E-state index contributed by atoms with van der Waals surface area (Å²) in [6, 6.07) is 22.3. The highest BCUT2D eigenvalue weighted by Crippen LogP contribution is 2.36. The zero-order valence-corrected chi connectivity index (χ0v) is 17.9. The summed E-state index contributed by atoms with van der Waals surface area (Å²) in [6.07, 6.45) is 9.16. The summed E-state index contributed by atoms with van der Waals surface area (Å²) in [5.74, 6) is 8.41. The molecule has 0 bridgehead atoms. The maximum absolute atomic E-state index is 3.36. The van der Waals surface area contributed by atoms with Gasteiger partial charge in [0.1, 0.15) is 0 Å². The molecule has 0 atom stereocenters. The summed E-state index contributed by atoms with van der Waals surface area (Å²) >= 11 is 0. The molecule has 148 valence electrons. The third-order valence-electron chi connectivity index (χ3n) is 6.60. The molecular formula is C29H32. The molecule has 0 N–H and O–H groups in total. The first-order chi connectivity index (χ1) is 14.2. The van der Waals surface area contributed by atoms with Crippen LogP contribution in [0.3, 0.4) is 0 Å². The van der Waals surface area contributed by atoms with Crippen LogP contribution in [0.5, 0.6) is 0 Å². The zero-order valence-electron chi connectivity index (χ0n) is 17.9. The lowest BCUT2D eigenvalue weighted by Gasteiger charge is -2.28. The molecule has 29 heavy (non-hydrogen) atoms. The monoisotopic (exact) mass is 380 g/mol. The molecule has 3 aromatic carbocycles. The molecule has 0 heterocycles. The molecule has 1 aliphatic rings. The number of aryl methyl sites for hydroxylation is 1. The summed E-state index contributed by atoms with van der Waals surface area (Å²) < 4.78 is 0. The van der Waals surface area contributed by atoms with Gasteiger partial charge < -0.3 is 0 Å². The van der Waals surface area contributed by atoms with Crippen LogP contribution in [-0.4, -0.2) is 0 Å². The summed E-state index contributed by atoms with van der Waals surface area (Å²) in [5.41, 5.74) is 5.11. The molecule has 1 aliphatic carbocycles. The van der Waals surface area contributed by atoms with Gasteiger partial charge in [-0.05, 0) is 90.1 Å². The molecule has 0 aromatic heterocycles. The van der Waals surface area contributed by atoms with Gasteiger partial charge in [-0.25, -0.2) is 0 Å². The Morgan fingerprint density at radius 1 is 0.724 bits per heavy atom. The Bertz CT molecular complexity index is 1010. The summed E-state index contributed by atoms with van der Waals surface area (Å²) in [5, 5.41) is 2.58. The van der Waals surface area contributed by atoms with Crippen LogP contribution in [-0.2, 0) is 6.42 Å². The van der Waals surface area contributed by atoms with E-state index in [0.29, 0.717) is 0 Å². The topological polar surface area (TPSA) is 0 Å². The molecule has 0 spiro atoms. The van der Waals surface area contributed by atoms with Crippen LogP contribution < -0.4 is 0 Å². The summed E-state index contributed by atoms with van der Waals surface area (Å²) in [4.78, 5) is 0. The molecule has 0 saturated heterocycles. The SMILES string of the molecule is CCCc1ccc2cc(C#Cc3ccc(C4CCC(CC)CC4)cc3)ccc2c1. The fourth-order valence-electron chi connectivity index (χ4n) is 4.70. The van der Waals surface area contributed by atoms with E-state index in [0.717, 1.165) is 29.4 Å². The van der Waals surface area contributed by atoms with Crippen LogP contribution in [0.2, 0.25) is 0 Å². The van der Waals surface area contributed by atoms with Gasteiger partial charge in [0.25, 0.3) is 0 Å². The number of fused-ring (bicyclic) bond motifs is 1. The zero-order chi connectivity index (χ0) is 20.1. The Kier molecular flexibility index (Phi) is 6.36. The Balaban J connectivity index is 1.45. The second kappa shape index (κ2) is 9.32. The third-order valence-corrected chi connectivity index (χ3v) is 6.60. The maximum atomic E-state index is 3.36. The Labute approximate surface area is 176 Å². The molecule has 0 heteroatoms. The van der Waals surface area contributed by atoms with E-state index in [9.17, 15) is 0 Å². The van der Waals surface area contributed by atoms with Gasteiger partial charge in [-0.2, -0.15) is 0 Å². The van der Waals surface area contributed by atoms with Crippen molar-refractivity contribution in [1.82, 2.24) is 0 Å². The molecule has 0 radical (unpaired) electrons. The smallest absolute Gasteiger partial charge is 0.0255 e. The van der Waals surface area contributed by atoms with Gasteiger partial charge in [0.2, 0.25) is 0 Å². The highest BCUT2D eigenvalue weighted by molar-refractivity contribution is 5.84. The van der Waals surface area contributed by atoms with E-state index in [1.54, 1.807) is 0 Å². The highest BCUT2D eigenvalue weighted by atomic mass is 14.3. The quantitative estimate of drug-likeness (QED) is 0.404. The van der Waals surface area contributed by atoms with E-state index in [-0.39, 0.29) is 0 Å². The lowest BCUT2D eigenvalue weighted by molar-refractivity contribution is 0.319. The average Bonchev–Trinajstić information content (AvgIpc) is 2.78. The van der Waals surface area contributed by atoms with Crippen LogP contribution in [0, 0.1) is 17.8 Å². The second-order valence-corrected chi connectivity index (χ2v) is 8.64. The molecule has 0 nitrogen and oxygen atoms in total. The minimum Gasteiger partial charge on any atom is -0.0651 e. The fourth-order valence-corrected chi connectivity index (χ4v) is 4.70. The number of benzene rings is 3. The molecule has 3 aromatic rings. The Morgan fingerprint density at radius 3 is 2.10 bits per heavy atom. The Hall–Kier alpha value is -2.52. The van der Waals surface area contributed by atoms with E-state index >= 15 is 0 Å². The predicted molar refractivity (Wildman–Crippen MR) is 125 cm³/mol. The van der Waals surface area contributed by atoms with Crippen LogP contribution in [0.1, 0.15) is 80.5 Å². The van der Waals surface area contributed by atoms with Crippen LogP contribution in [0.15, 0.2) is 60.7 Å². The van der Waals surface area contributed by atoms with Gasteiger partial charge in [-0.15, -0.1) is 0 Å². The normalized spacial score (nSPS) is 19.0. The van der Waals surface area contributed by atoms with Crippen LogP contribution in [0.4, 0.5) is 0 Å². The van der Waals surface area contributed by atoms with Crippen molar-refractivity contribution >= 4 is 10.8 Å². The first kappa shape index (κ1) is 19.8.